The van der Waals surface area contributed by atoms with Crippen molar-refractivity contribution in [3.05, 3.63) is 11.1 Å². The monoisotopic (exact) mass is 433 g/mol. The van der Waals surface area contributed by atoms with Crippen molar-refractivity contribution >= 4 is 34.5 Å². The molecule has 2 aromatic rings. The van der Waals surface area contributed by atoms with Gasteiger partial charge in [0.05, 0.1) is 25.2 Å². The third-order valence-corrected chi connectivity index (χ3v) is 6.92. The molecule has 1 spiro atoms. The van der Waals surface area contributed by atoms with E-state index < -0.39 is 0 Å². The maximum atomic E-state index is 13.3. The number of morpholine rings is 1. The average molecular weight is 434 g/mol. The number of nitrogens with one attached hydrogen (secondary N) is 1. The molecule has 3 aliphatic rings. The number of aryl methyl sites for hydroxylation is 1. The molecule has 3 aliphatic heterocycles. The summed E-state index contributed by atoms with van der Waals surface area (Å²) in [5.41, 5.74) is 1.30. The van der Waals surface area contributed by atoms with Gasteiger partial charge in [0.2, 0.25) is 11.2 Å². The van der Waals surface area contributed by atoms with E-state index in [1.54, 1.807) is 0 Å². The molecule has 0 bridgehead atoms. The van der Waals surface area contributed by atoms with Gasteiger partial charge < -0.3 is 24.4 Å². The predicted molar refractivity (Wildman–Crippen MR) is 114 cm³/mol. The second-order valence-corrected chi connectivity index (χ2v) is 8.71. The topological polar surface area (TPSA) is 88.4 Å². The highest BCUT2D eigenvalue weighted by atomic mass is 35.5. The molecule has 3 saturated heterocycles. The molecule has 2 aromatic heterocycles. The van der Waals surface area contributed by atoms with Gasteiger partial charge in [0.1, 0.15) is 5.82 Å². The van der Waals surface area contributed by atoms with Crippen LogP contribution in [-0.4, -0.2) is 76.3 Å². The molecule has 162 valence electrons. The van der Waals surface area contributed by atoms with Crippen molar-refractivity contribution in [3.8, 4) is 0 Å². The van der Waals surface area contributed by atoms with Crippen LogP contribution in [0.3, 0.4) is 0 Å². The number of hydrogen-bond acceptors (Lipinski definition) is 7. The van der Waals surface area contributed by atoms with Crippen LogP contribution in [-0.2, 0) is 22.6 Å². The second kappa shape index (κ2) is 7.94. The average Bonchev–Trinajstić information content (AvgIpc) is 3.27. The Balaban J connectivity index is 1.48. The minimum atomic E-state index is -0.184. The van der Waals surface area contributed by atoms with E-state index in [9.17, 15) is 4.79 Å². The number of ether oxygens (including phenoxy) is 1. The molecule has 0 radical (unpaired) electrons. The lowest BCUT2D eigenvalue weighted by Gasteiger charge is -2.32. The Labute approximate surface area is 180 Å². The number of fused-ring (bicyclic) bond motifs is 1. The molecule has 30 heavy (non-hydrogen) atoms. The zero-order chi connectivity index (χ0) is 20.7. The summed E-state index contributed by atoms with van der Waals surface area (Å²) in [5.74, 6) is 1.87. The molecule has 0 aromatic carbocycles. The van der Waals surface area contributed by atoms with E-state index >= 15 is 0 Å². The Kier molecular flexibility index (Phi) is 5.28. The van der Waals surface area contributed by atoms with E-state index in [1.807, 2.05) is 4.90 Å². The van der Waals surface area contributed by atoms with Gasteiger partial charge in [-0.2, -0.15) is 9.97 Å². The lowest BCUT2D eigenvalue weighted by Crippen LogP contribution is -2.42. The van der Waals surface area contributed by atoms with Crippen molar-refractivity contribution in [1.29, 1.82) is 0 Å². The van der Waals surface area contributed by atoms with Crippen molar-refractivity contribution in [2.75, 3.05) is 50.8 Å². The SMILES string of the molecule is CCn1c(CN2CCC3(CCNCC3)C2=O)nc2c(N3CCOCC3)nc(Cl)nc21. The molecule has 3 fully saturated rings. The standard InChI is InChI=1S/C20H28ClN7O2/c1-2-28-14(13-27-8-5-20(18(27)29)3-6-22-7-4-20)23-15-16(24-19(21)25-17(15)28)26-9-11-30-12-10-26/h22H,2-13H2,1H3. The highest BCUT2D eigenvalue weighted by Crippen LogP contribution is 2.40. The van der Waals surface area contributed by atoms with Gasteiger partial charge in [-0.3, -0.25) is 4.79 Å². The summed E-state index contributed by atoms with van der Waals surface area (Å²) in [5, 5.41) is 3.59. The molecule has 1 amide bonds. The first kappa shape index (κ1) is 20.0. The maximum Gasteiger partial charge on any atom is 0.229 e. The molecule has 0 unspecified atom stereocenters. The van der Waals surface area contributed by atoms with E-state index in [1.165, 1.54) is 0 Å². The van der Waals surface area contributed by atoms with Crippen LogP contribution in [0.25, 0.3) is 11.2 Å². The first-order chi connectivity index (χ1) is 14.6. The molecule has 0 atom stereocenters. The van der Waals surface area contributed by atoms with Crippen LogP contribution < -0.4 is 10.2 Å². The largest absolute Gasteiger partial charge is 0.378 e. The summed E-state index contributed by atoms with van der Waals surface area (Å²) in [6.07, 6.45) is 2.79. The number of piperidine rings is 1. The first-order valence-electron chi connectivity index (χ1n) is 10.9. The highest BCUT2D eigenvalue weighted by Gasteiger charge is 2.47. The van der Waals surface area contributed by atoms with Crippen molar-refractivity contribution < 1.29 is 9.53 Å². The van der Waals surface area contributed by atoms with Gasteiger partial charge in [-0.15, -0.1) is 0 Å². The van der Waals surface area contributed by atoms with Crippen LogP contribution in [0.5, 0.6) is 0 Å². The molecule has 9 nitrogen and oxygen atoms in total. The van der Waals surface area contributed by atoms with Gasteiger partial charge in [0.25, 0.3) is 0 Å². The Morgan fingerprint density at radius 3 is 2.60 bits per heavy atom. The van der Waals surface area contributed by atoms with Gasteiger partial charge in [-0.1, -0.05) is 0 Å². The number of halogens is 1. The number of carbonyl (C=O) groups is 1. The Bertz CT molecular complexity index is 950. The fourth-order valence-corrected chi connectivity index (χ4v) is 5.20. The van der Waals surface area contributed by atoms with Crippen molar-refractivity contribution in [3.63, 3.8) is 0 Å². The Morgan fingerprint density at radius 2 is 1.87 bits per heavy atom. The smallest absolute Gasteiger partial charge is 0.229 e. The summed E-state index contributed by atoms with van der Waals surface area (Å²) in [6.45, 7) is 8.71. The molecule has 5 heterocycles. The highest BCUT2D eigenvalue weighted by molar-refractivity contribution is 6.28. The number of carbonyl (C=O) groups excluding carboxylic acids is 1. The minimum Gasteiger partial charge on any atom is -0.378 e. The Morgan fingerprint density at radius 1 is 1.10 bits per heavy atom. The van der Waals surface area contributed by atoms with Crippen LogP contribution in [0, 0.1) is 5.41 Å². The maximum absolute atomic E-state index is 13.3. The van der Waals surface area contributed by atoms with E-state index in [0.29, 0.717) is 26.3 Å². The molecule has 1 N–H and O–H groups in total. The van der Waals surface area contributed by atoms with Crippen LogP contribution in [0.1, 0.15) is 32.0 Å². The second-order valence-electron chi connectivity index (χ2n) is 8.37. The van der Waals surface area contributed by atoms with Crippen molar-refractivity contribution in [2.45, 2.75) is 39.3 Å². The normalized spacial score (nSPS) is 21.9. The van der Waals surface area contributed by atoms with E-state index in [4.69, 9.17) is 21.3 Å². The molecule has 5 rings (SSSR count). The van der Waals surface area contributed by atoms with Gasteiger partial charge in [0.15, 0.2) is 17.0 Å². The van der Waals surface area contributed by atoms with Gasteiger partial charge in [-0.25, -0.2) is 4.98 Å². The van der Waals surface area contributed by atoms with Crippen molar-refractivity contribution in [1.82, 2.24) is 29.7 Å². The zero-order valence-corrected chi connectivity index (χ0v) is 18.1. The third-order valence-electron chi connectivity index (χ3n) is 6.75. The van der Waals surface area contributed by atoms with Gasteiger partial charge in [-0.05, 0) is 50.9 Å². The molecule has 10 heteroatoms. The molecule has 0 aliphatic carbocycles. The lowest BCUT2D eigenvalue weighted by atomic mass is 9.78. The van der Waals surface area contributed by atoms with Crippen molar-refractivity contribution in [2.24, 2.45) is 5.41 Å². The third kappa shape index (κ3) is 3.33. The van der Waals surface area contributed by atoms with Crippen LogP contribution in [0.4, 0.5) is 5.82 Å². The Hall–Kier alpha value is -1.97. The number of hydrogen-bond donors (Lipinski definition) is 1. The fraction of sp³-hybridized carbons (Fsp3) is 0.700. The van der Waals surface area contributed by atoms with Crippen LogP contribution in [0.2, 0.25) is 5.28 Å². The summed E-state index contributed by atoms with van der Waals surface area (Å²) >= 11 is 6.28. The number of nitrogens with zero attached hydrogens (tertiary/aromatic N) is 6. The number of rotatable bonds is 4. The molecule has 0 saturated carbocycles. The molecular formula is C20H28ClN7O2. The number of imidazole rings is 1. The summed E-state index contributed by atoms with van der Waals surface area (Å²) in [6, 6.07) is 0. The quantitative estimate of drug-likeness (QED) is 0.730. The molecular weight excluding hydrogens is 406 g/mol. The number of anilines is 1. The number of amides is 1. The first-order valence-corrected chi connectivity index (χ1v) is 11.2. The van der Waals surface area contributed by atoms with Gasteiger partial charge >= 0.3 is 0 Å². The van der Waals surface area contributed by atoms with E-state index in [-0.39, 0.29) is 16.6 Å². The van der Waals surface area contributed by atoms with Crippen LogP contribution >= 0.6 is 11.6 Å². The predicted octanol–water partition coefficient (Wildman–Crippen LogP) is 1.44. The van der Waals surface area contributed by atoms with E-state index in [2.05, 4.69) is 31.7 Å². The number of aromatic nitrogens is 4. The fourth-order valence-electron chi connectivity index (χ4n) is 5.04. The summed E-state index contributed by atoms with van der Waals surface area (Å²) in [4.78, 5) is 31.3. The summed E-state index contributed by atoms with van der Waals surface area (Å²) < 4.78 is 7.54. The lowest BCUT2D eigenvalue weighted by molar-refractivity contribution is -0.137. The summed E-state index contributed by atoms with van der Waals surface area (Å²) in [7, 11) is 0. The zero-order valence-electron chi connectivity index (χ0n) is 17.4. The van der Waals surface area contributed by atoms with Crippen LogP contribution in [0.15, 0.2) is 0 Å². The number of likely N-dealkylation sites (tertiary alicyclic amines) is 1. The van der Waals surface area contributed by atoms with Gasteiger partial charge in [0, 0.05) is 26.2 Å². The van der Waals surface area contributed by atoms with E-state index in [0.717, 1.165) is 74.8 Å². The minimum absolute atomic E-state index is 0.184.